The zero-order valence-corrected chi connectivity index (χ0v) is 8.81. The molecule has 0 atom stereocenters. The number of nitrogens with zero attached hydrogens (tertiary/aromatic N) is 1. The van der Waals surface area contributed by atoms with Crippen molar-refractivity contribution in [3.63, 3.8) is 0 Å². The van der Waals surface area contributed by atoms with E-state index in [4.69, 9.17) is 10.00 Å². The summed E-state index contributed by atoms with van der Waals surface area (Å²) in [4.78, 5) is 22.0. The number of aldehydes is 1. The average molecular weight is 219 g/mol. The van der Waals surface area contributed by atoms with Crippen LogP contribution in [0.25, 0.3) is 0 Å². The first-order chi connectivity index (χ1) is 7.67. The van der Waals surface area contributed by atoms with Crippen LogP contribution in [0.2, 0.25) is 0 Å². The molecule has 0 N–H and O–H groups in total. The van der Waals surface area contributed by atoms with Crippen molar-refractivity contribution in [2.75, 3.05) is 14.2 Å². The van der Waals surface area contributed by atoms with Gasteiger partial charge in [-0.2, -0.15) is 5.26 Å². The second-order valence-corrected chi connectivity index (χ2v) is 2.86. The molecule has 0 aliphatic carbocycles. The van der Waals surface area contributed by atoms with E-state index in [0.29, 0.717) is 6.29 Å². The van der Waals surface area contributed by atoms with Crippen LogP contribution < -0.4 is 4.74 Å². The monoisotopic (exact) mass is 219 g/mol. The third kappa shape index (κ3) is 2.01. The van der Waals surface area contributed by atoms with Crippen LogP contribution >= 0.6 is 0 Å². The minimum absolute atomic E-state index is 0.0785. The summed E-state index contributed by atoms with van der Waals surface area (Å²) in [6.07, 6.45) is 0.512. The molecule has 0 heterocycles. The Morgan fingerprint density at radius 2 is 2.12 bits per heavy atom. The fraction of sp³-hybridized carbons (Fsp3) is 0.182. The molecule has 0 saturated heterocycles. The Hall–Kier alpha value is -2.35. The van der Waals surface area contributed by atoms with Gasteiger partial charge in [0, 0.05) is 0 Å². The lowest BCUT2D eigenvalue weighted by atomic mass is 10.0. The number of rotatable bonds is 3. The maximum absolute atomic E-state index is 11.3. The Bertz CT molecular complexity index is 474. The summed E-state index contributed by atoms with van der Waals surface area (Å²) >= 11 is 0. The smallest absolute Gasteiger partial charge is 0.338 e. The van der Waals surface area contributed by atoms with Crippen LogP contribution in [-0.4, -0.2) is 26.5 Å². The van der Waals surface area contributed by atoms with Crippen molar-refractivity contribution >= 4 is 12.3 Å². The quantitative estimate of drug-likeness (QED) is 0.563. The predicted molar refractivity (Wildman–Crippen MR) is 54.4 cm³/mol. The van der Waals surface area contributed by atoms with Gasteiger partial charge in [-0.3, -0.25) is 4.79 Å². The summed E-state index contributed by atoms with van der Waals surface area (Å²) in [6, 6.07) is 4.47. The van der Waals surface area contributed by atoms with Gasteiger partial charge >= 0.3 is 5.97 Å². The van der Waals surface area contributed by atoms with Crippen molar-refractivity contribution < 1.29 is 19.1 Å². The molecule has 0 aromatic heterocycles. The first-order valence-electron chi connectivity index (χ1n) is 4.33. The molecule has 16 heavy (non-hydrogen) atoms. The number of benzene rings is 1. The molecule has 0 spiro atoms. The van der Waals surface area contributed by atoms with Crippen LogP contribution in [0.15, 0.2) is 12.1 Å². The van der Waals surface area contributed by atoms with E-state index >= 15 is 0 Å². The molecule has 0 amide bonds. The van der Waals surface area contributed by atoms with Crippen LogP contribution in [0.1, 0.15) is 26.3 Å². The lowest BCUT2D eigenvalue weighted by molar-refractivity contribution is 0.0600. The summed E-state index contributed by atoms with van der Waals surface area (Å²) in [6.45, 7) is 0. The lowest BCUT2D eigenvalue weighted by Crippen LogP contribution is -2.04. The molecule has 5 nitrogen and oxygen atoms in total. The SMILES string of the molecule is COC(=O)c1cc(C#N)c(C=O)c(OC)c1. The molecule has 5 heteroatoms. The Labute approximate surface area is 92.2 Å². The van der Waals surface area contributed by atoms with E-state index in [1.54, 1.807) is 0 Å². The number of hydrogen-bond donors (Lipinski definition) is 0. The maximum Gasteiger partial charge on any atom is 0.338 e. The molecule has 0 bridgehead atoms. The third-order valence-electron chi connectivity index (χ3n) is 2.02. The van der Waals surface area contributed by atoms with Gasteiger partial charge in [-0.25, -0.2) is 4.79 Å². The Kier molecular flexibility index (Phi) is 3.62. The standard InChI is InChI=1S/C11H9NO4/c1-15-10-4-7(11(14)16-2)3-8(5-12)9(10)6-13/h3-4,6H,1-2H3. The number of carbonyl (C=O) groups is 2. The molecule has 1 aromatic rings. The zero-order valence-electron chi connectivity index (χ0n) is 8.81. The molecule has 0 aliphatic rings. The third-order valence-corrected chi connectivity index (χ3v) is 2.02. The van der Waals surface area contributed by atoms with Gasteiger partial charge in [0.2, 0.25) is 0 Å². The van der Waals surface area contributed by atoms with Gasteiger partial charge < -0.3 is 9.47 Å². The summed E-state index contributed by atoms with van der Waals surface area (Å²) in [5.74, 6) is -0.415. The molecule has 0 fully saturated rings. The average Bonchev–Trinajstić information content (AvgIpc) is 2.35. The van der Waals surface area contributed by atoms with Crippen molar-refractivity contribution in [2.24, 2.45) is 0 Å². The first-order valence-corrected chi connectivity index (χ1v) is 4.33. The predicted octanol–water partition coefficient (Wildman–Crippen LogP) is 1.17. The fourth-order valence-corrected chi connectivity index (χ4v) is 1.25. The minimum atomic E-state index is -0.591. The van der Waals surface area contributed by atoms with Crippen molar-refractivity contribution in [2.45, 2.75) is 0 Å². The number of carbonyl (C=O) groups excluding carboxylic acids is 2. The maximum atomic E-state index is 11.3. The highest BCUT2D eigenvalue weighted by Gasteiger charge is 2.15. The normalized spacial score (nSPS) is 9.06. The molecule has 0 aliphatic heterocycles. The number of hydrogen-bond acceptors (Lipinski definition) is 5. The van der Waals surface area contributed by atoms with E-state index in [-0.39, 0.29) is 22.4 Å². The van der Waals surface area contributed by atoms with Gasteiger partial charge in [0.15, 0.2) is 6.29 Å². The molecule has 82 valence electrons. The van der Waals surface area contributed by atoms with Crippen molar-refractivity contribution in [1.82, 2.24) is 0 Å². The van der Waals surface area contributed by atoms with Gasteiger partial charge in [-0.15, -0.1) is 0 Å². The second kappa shape index (κ2) is 4.94. The Morgan fingerprint density at radius 1 is 1.44 bits per heavy atom. The molecule has 0 radical (unpaired) electrons. The van der Waals surface area contributed by atoms with Crippen molar-refractivity contribution in [1.29, 1.82) is 5.26 Å². The number of nitriles is 1. The highest BCUT2D eigenvalue weighted by Crippen LogP contribution is 2.23. The topological polar surface area (TPSA) is 76.4 Å². The summed E-state index contributed by atoms with van der Waals surface area (Å²) in [5, 5.41) is 8.83. The van der Waals surface area contributed by atoms with Crippen molar-refractivity contribution in [3.05, 3.63) is 28.8 Å². The van der Waals surface area contributed by atoms with Crippen LogP contribution in [0.4, 0.5) is 0 Å². The van der Waals surface area contributed by atoms with Crippen molar-refractivity contribution in [3.8, 4) is 11.8 Å². The molecule has 0 unspecified atom stereocenters. The van der Waals surface area contributed by atoms with Gasteiger partial charge in [-0.1, -0.05) is 0 Å². The summed E-state index contributed by atoms with van der Waals surface area (Å²) in [7, 11) is 2.58. The number of methoxy groups -OCH3 is 2. The second-order valence-electron chi connectivity index (χ2n) is 2.86. The molecule has 0 saturated carbocycles. The van der Waals surface area contributed by atoms with Gasteiger partial charge in [0.1, 0.15) is 11.8 Å². The van der Waals surface area contributed by atoms with Crippen LogP contribution in [0, 0.1) is 11.3 Å². The van der Waals surface area contributed by atoms with E-state index in [9.17, 15) is 9.59 Å². The van der Waals surface area contributed by atoms with E-state index in [0.717, 1.165) is 0 Å². The van der Waals surface area contributed by atoms with E-state index in [1.807, 2.05) is 6.07 Å². The Balaban J connectivity index is 3.44. The lowest BCUT2D eigenvalue weighted by Gasteiger charge is -2.07. The zero-order chi connectivity index (χ0) is 12.1. The van der Waals surface area contributed by atoms with Gasteiger partial charge in [-0.05, 0) is 12.1 Å². The fourth-order valence-electron chi connectivity index (χ4n) is 1.25. The van der Waals surface area contributed by atoms with Gasteiger partial charge in [0.05, 0.1) is 30.9 Å². The Morgan fingerprint density at radius 3 is 2.56 bits per heavy atom. The number of esters is 1. The first kappa shape index (κ1) is 11.7. The molecule has 1 aromatic carbocycles. The number of ether oxygens (including phenoxy) is 2. The van der Waals surface area contributed by atoms with Crippen LogP contribution in [0.5, 0.6) is 5.75 Å². The molecule has 1 rings (SSSR count). The summed E-state index contributed by atoms with van der Waals surface area (Å²) in [5.41, 5.74) is 0.369. The van der Waals surface area contributed by atoms with E-state index in [2.05, 4.69) is 4.74 Å². The molecular formula is C11H9NO4. The summed E-state index contributed by atoms with van der Waals surface area (Å²) < 4.78 is 9.44. The van der Waals surface area contributed by atoms with Gasteiger partial charge in [0.25, 0.3) is 0 Å². The van der Waals surface area contributed by atoms with Crippen LogP contribution in [-0.2, 0) is 4.74 Å². The van der Waals surface area contributed by atoms with Crippen LogP contribution in [0.3, 0.4) is 0 Å². The van der Waals surface area contributed by atoms with E-state index < -0.39 is 5.97 Å². The highest BCUT2D eigenvalue weighted by atomic mass is 16.5. The largest absolute Gasteiger partial charge is 0.496 e. The molecular weight excluding hydrogens is 210 g/mol. The van der Waals surface area contributed by atoms with E-state index in [1.165, 1.54) is 26.4 Å². The highest BCUT2D eigenvalue weighted by molar-refractivity contribution is 5.93. The minimum Gasteiger partial charge on any atom is -0.496 e.